The van der Waals surface area contributed by atoms with Crippen molar-refractivity contribution in [2.24, 2.45) is 0 Å². The lowest BCUT2D eigenvalue weighted by Gasteiger charge is -2.24. The van der Waals surface area contributed by atoms with Gasteiger partial charge in [-0.3, -0.25) is 14.7 Å². The number of hydrogen-bond donors (Lipinski definition) is 5. The fourth-order valence-electron chi connectivity index (χ4n) is 1.43. The molecule has 1 aromatic heterocycles. The number of nitrogens with zero attached hydrogens (tertiary/aromatic N) is 6. The normalized spacial score (nSPS) is 10.6. The highest BCUT2D eigenvalue weighted by molar-refractivity contribution is 5.45. The summed E-state index contributed by atoms with van der Waals surface area (Å²) in [6.45, 7) is -2.77. The third-order valence-electron chi connectivity index (χ3n) is 2.59. The molecule has 126 valence electrons. The van der Waals surface area contributed by atoms with Gasteiger partial charge < -0.3 is 30.3 Å². The van der Waals surface area contributed by atoms with Gasteiger partial charge in [-0.2, -0.15) is 15.0 Å². The van der Waals surface area contributed by atoms with Crippen molar-refractivity contribution in [1.29, 1.82) is 0 Å². The molecule has 0 saturated carbocycles. The molecule has 22 heavy (non-hydrogen) atoms. The minimum atomic E-state index is -0.568. The van der Waals surface area contributed by atoms with Crippen LogP contribution in [-0.4, -0.2) is 88.0 Å². The van der Waals surface area contributed by atoms with Crippen LogP contribution in [0.15, 0.2) is 0 Å². The highest BCUT2D eigenvalue weighted by Crippen LogP contribution is 2.18. The molecule has 0 saturated heterocycles. The zero-order chi connectivity index (χ0) is 16.5. The molecule has 0 unspecified atom stereocenters. The largest absolute Gasteiger partial charge is 0.376 e. The van der Waals surface area contributed by atoms with E-state index < -0.39 is 33.7 Å². The van der Waals surface area contributed by atoms with Gasteiger partial charge in [-0.05, 0) is 0 Å². The Labute approximate surface area is 126 Å². The first kappa shape index (κ1) is 18.2. The minimum Gasteiger partial charge on any atom is -0.376 e. The number of aromatic nitrogens is 3. The Morgan fingerprint density at radius 1 is 0.682 bits per heavy atom. The van der Waals surface area contributed by atoms with Crippen molar-refractivity contribution in [3.8, 4) is 0 Å². The van der Waals surface area contributed by atoms with Crippen LogP contribution in [0.1, 0.15) is 0 Å². The zero-order valence-electron chi connectivity index (χ0n) is 12.1. The van der Waals surface area contributed by atoms with Crippen LogP contribution in [0.25, 0.3) is 0 Å². The number of methoxy groups -OCH3 is 1. The first-order chi connectivity index (χ1) is 10.6. The Balaban J connectivity index is 3.30. The maximum absolute atomic E-state index is 9.32. The van der Waals surface area contributed by atoms with E-state index in [1.54, 1.807) is 0 Å². The average Bonchev–Trinajstić information content (AvgIpc) is 2.55. The number of hydrogen-bond acceptors (Lipinski definition) is 12. The monoisotopic (exact) mass is 320 g/mol. The van der Waals surface area contributed by atoms with Gasteiger partial charge in [0.05, 0.1) is 0 Å². The topological polar surface area (TPSA) is 159 Å². The highest BCUT2D eigenvalue weighted by Gasteiger charge is 2.19. The Morgan fingerprint density at radius 2 is 1.00 bits per heavy atom. The second-order valence-electron chi connectivity index (χ2n) is 3.98. The summed E-state index contributed by atoms with van der Waals surface area (Å²) in [6, 6.07) is 0. The van der Waals surface area contributed by atoms with Crippen molar-refractivity contribution in [2.75, 3.05) is 62.2 Å². The summed E-state index contributed by atoms with van der Waals surface area (Å²) in [4.78, 5) is 15.2. The van der Waals surface area contributed by atoms with Crippen LogP contribution in [0.2, 0.25) is 0 Å². The third kappa shape index (κ3) is 4.33. The Bertz CT molecular complexity index is 414. The maximum Gasteiger partial charge on any atom is 0.235 e. The summed E-state index contributed by atoms with van der Waals surface area (Å²) in [5.41, 5.74) is 0. The first-order valence-corrected chi connectivity index (χ1v) is 6.19. The van der Waals surface area contributed by atoms with Crippen molar-refractivity contribution in [2.45, 2.75) is 0 Å². The molecule has 0 aliphatic carbocycles. The van der Waals surface area contributed by atoms with Gasteiger partial charge >= 0.3 is 0 Å². The van der Waals surface area contributed by atoms with Crippen molar-refractivity contribution in [1.82, 2.24) is 15.0 Å². The van der Waals surface area contributed by atoms with Crippen molar-refractivity contribution in [3.63, 3.8) is 0 Å². The molecule has 0 aliphatic rings. The lowest BCUT2D eigenvalue weighted by atomic mass is 10.6. The zero-order valence-corrected chi connectivity index (χ0v) is 12.1. The number of ether oxygens (including phenoxy) is 1. The van der Waals surface area contributed by atoms with E-state index in [9.17, 15) is 25.5 Å². The number of anilines is 3. The minimum absolute atomic E-state index is 0.0249. The molecule has 0 bridgehead atoms. The molecule has 0 aromatic carbocycles. The standard InChI is InChI=1S/C10H20N6O6/c1-22-7-16(6-21)10-12-8(14(2-17)3-18)11-9(13-10)15(4-19)5-20/h17-21H,2-7H2,1H3. The Kier molecular flexibility index (Phi) is 7.65. The van der Waals surface area contributed by atoms with Crippen LogP contribution >= 0.6 is 0 Å². The third-order valence-corrected chi connectivity index (χ3v) is 2.59. The SMILES string of the molecule is COCN(CO)c1nc(N(CO)CO)nc(N(CO)CO)n1. The van der Waals surface area contributed by atoms with Gasteiger partial charge in [0.15, 0.2) is 0 Å². The second kappa shape index (κ2) is 9.24. The van der Waals surface area contributed by atoms with E-state index in [1.165, 1.54) is 12.0 Å². The van der Waals surface area contributed by atoms with E-state index in [0.29, 0.717) is 0 Å². The number of aliphatic hydroxyl groups excluding tert-OH is 5. The summed E-state index contributed by atoms with van der Waals surface area (Å²) in [5, 5.41) is 46.0. The van der Waals surface area contributed by atoms with Crippen LogP contribution in [-0.2, 0) is 4.74 Å². The van der Waals surface area contributed by atoms with E-state index in [1.807, 2.05) is 0 Å². The highest BCUT2D eigenvalue weighted by atomic mass is 16.5. The van der Waals surface area contributed by atoms with Crippen LogP contribution in [0.5, 0.6) is 0 Å². The molecule has 5 N–H and O–H groups in total. The molecule has 0 amide bonds. The van der Waals surface area contributed by atoms with E-state index in [2.05, 4.69) is 15.0 Å². The van der Waals surface area contributed by atoms with Crippen LogP contribution in [0.3, 0.4) is 0 Å². The van der Waals surface area contributed by atoms with Crippen LogP contribution in [0.4, 0.5) is 17.8 Å². The first-order valence-electron chi connectivity index (χ1n) is 6.19. The van der Waals surface area contributed by atoms with Gasteiger partial charge in [-0.15, -0.1) is 0 Å². The summed E-state index contributed by atoms with van der Waals surface area (Å²) in [7, 11) is 1.41. The van der Waals surface area contributed by atoms with E-state index in [-0.39, 0.29) is 24.6 Å². The predicted molar refractivity (Wildman–Crippen MR) is 74.6 cm³/mol. The summed E-state index contributed by atoms with van der Waals surface area (Å²) >= 11 is 0. The van der Waals surface area contributed by atoms with Gasteiger partial charge in [0, 0.05) is 7.11 Å². The summed E-state index contributed by atoms with van der Waals surface area (Å²) in [5.74, 6) is -0.235. The van der Waals surface area contributed by atoms with Gasteiger partial charge in [-0.25, -0.2) is 0 Å². The van der Waals surface area contributed by atoms with Crippen molar-refractivity contribution < 1.29 is 30.3 Å². The van der Waals surface area contributed by atoms with Crippen LogP contribution in [0, 0.1) is 0 Å². The second-order valence-corrected chi connectivity index (χ2v) is 3.98. The van der Waals surface area contributed by atoms with Gasteiger partial charge in [0.1, 0.15) is 40.4 Å². The molecule has 0 spiro atoms. The van der Waals surface area contributed by atoms with Crippen molar-refractivity contribution in [3.05, 3.63) is 0 Å². The van der Waals surface area contributed by atoms with E-state index in [0.717, 1.165) is 9.80 Å². The van der Waals surface area contributed by atoms with Crippen LogP contribution < -0.4 is 14.7 Å². The molecule has 1 rings (SSSR count). The lowest BCUT2D eigenvalue weighted by Crippen LogP contribution is -2.34. The molecule has 1 aromatic rings. The molecule has 0 radical (unpaired) electrons. The fraction of sp³-hybridized carbons (Fsp3) is 0.700. The molecule has 0 atom stereocenters. The lowest BCUT2D eigenvalue weighted by molar-refractivity contribution is 0.166. The quantitative estimate of drug-likeness (QED) is 0.273. The maximum atomic E-state index is 9.32. The molecule has 0 fully saturated rings. The molecule has 12 heteroatoms. The summed E-state index contributed by atoms with van der Waals surface area (Å²) < 4.78 is 4.90. The van der Waals surface area contributed by atoms with Gasteiger partial charge in [0.25, 0.3) is 0 Å². The van der Waals surface area contributed by atoms with Gasteiger partial charge in [0.2, 0.25) is 17.8 Å². The van der Waals surface area contributed by atoms with E-state index in [4.69, 9.17) is 4.74 Å². The Hall–Kier alpha value is -1.83. The number of rotatable bonds is 10. The molecule has 12 nitrogen and oxygen atoms in total. The van der Waals surface area contributed by atoms with E-state index >= 15 is 0 Å². The average molecular weight is 320 g/mol. The Morgan fingerprint density at radius 3 is 1.27 bits per heavy atom. The smallest absolute Gasteiger partial charge is 0.235 e. The molecular weight excluding hydrogens is 300 g/mol. The number of aliphatic hydroxyl groups is 5. The summed E-state index contributed by atoms with van der Waals surface area (Å²) in [6.07, 6.45) is 0. The predicted octanol–water partition coefficient (Wildman–Crippen LogP) is -3.36. The van der Waals surface area contributed by atoms with Crippen molar-refractivity contribution >= 4 is 17.8 Å². The molecule has 1 heterocycles. The molecule has 0 aliphatic heterocycles. The molecular formula is C10H20N6O6. The fourth-order valence-corrected chi connectivity index (χ4v) is 1.43. The van der Waals surface area contributed by atoms with Gasteiger partial charge in [-0.1, -0.05) is 0 Å².